The van der Waals surface area contributed by atoms with Crippen molar-refractivity contribution in [1.29, 1.82) is 5.26 Å². The van der Waals surface area contributed by atoms with Gasteiger partial charge in [-0.1, -0.05) is 6.07 Å². The highest BCUT2D eigenvalue weighted by Crippen LogP contribution is 2.20. The van der Waals surface area contributed by atoms with E-state index in [0.717, 1.165) is 12.1 Å². The van der Waals surface area contributed by atoms with Crippen molar-refractivity contribution >= 4 is 11.6 Å². The summed E-state index contributed by atoms with van der Waals surface area (Å²) in [5.74, 6) is -1.30. The molecule has 0 spiro atoms. The van der Waals surface area contributed by atoms with Crippen molar-refractivity contribution in [3.05, 3.63) is 59.7 Å². The number of anilines is 1. The first-order valence-electron chi connectivity index (χ1n) is 8.97. The Balaban J connectivity index is 2.06. The molecule has 2 aromatic carbocycles. The van der Waals surface area contributed by atoms with E-state index < -0.39 is 11.6 Å². The summed E-state index contributed by atoms with van der Waals surface area (Å²) in [6.45, 7) is 3.06. The van der Waals surface area contributed by atoms with E-state index >= 15 is 0 Å². The number of hydrogen-bond acceptors (Lipinski definition) is 4. The Hall–Kier alpha value is -2.98. The third kappa shape index (κ3) is 6.03. The summed E-state index contributed by atoms with van der Waals surface area (Å²) in [5.41, 5.74) is 1.24. The van der Waals surface area contributed by atoms with Crippen molar-refractivity contribution in [2.45, 2.75) is 19.9 Å². The molecule has 0 N–H and O–H groups in total. The van der Waals surface area contributed by atoms with Crippen molar-refractivity contribution in [1.82, 2.24) is 4.90 Å². The number of ether oxygens (including phenoxy) is 1. The van der Waals surface area contributed by atoms with Crippen molar-refractivity contribution in [3.63, 3.8) is 0 Å². The fraction of sp³-hybridized carbons (Fsp3) is 0.333. The van der Waals surface area contributed by atoms with E-state index in [4.69, 9.17) is 10.00 Å². The maximum Gasteiger partial charge on any atom is 0.241 e. The summed E-state index contributed by atoms with van der Waals surface area (Å²) in [5, 5.41) is 8.90. The van der Waals surface area contributed by atoms with Crippen molar-refractivity contribution in [2.75, 3.05) is 31.6 Å². The third-order valence-electron chi connectivity index (χ3n) is 4.05. The van der Waals surface area contributed by atoms with Crippen LogP contribution >= 0.6 is 0 Å². The van der Waals surface area contributed by atoms with E-state index in [1.807, 2.05) is 13.0 Å². The molecule has 0 aliphatic heterocycles. The third-order valence-corrected chi connectivity index (χ3v) is 4.05. The van der Waals surface area contributed by atoms with Gasteiger partial charge in [0, 0.05) is 18.8 Å². The van der Waals surface area contributed by atoms with Crippen LogP contribution < -0.4 is 9.64 Å². The second-order valence-corrected chi connectivity index (χ2v) is 6.30. The maximum atomic E-state index is 13.4. The number of amides is 1. The van der Waals surface area contributed by atoms with Gasteiger partial charge < -0.3 is 9.64 Å². The number of hydrogen-bond donors (Lipinski definition) is 0. The molecule has 1 amide bonds. The Morgan fingerprint density at radius 3 is 2.46 bits per heavy atom. The average molecular weight is 387 g/mol. The number of nitriles is 1. The lowest BCUT2D eigenvalue weighted by atomic mass is 10.2. The molecule has 2 aromatic rings. The van der Waals surface area contributed by atoms with Crippen LogP contribution in [0.2, 0.25) is 0 Å². The first kappa shape index (κ1) is 21.3. The molecule has 0 atom stereocenters. The van der Waals surface area contributed by atoms with E-state index in [9.17, 15) is 13.6 Å². The molecular formula is C21H23F2N3O2. The van der Waals surface area contributed by atoms with Gasteiger partial charge in [0.2, 0.25) is 5.91 Å². The zero-order valence-corrected chi connectivity index (χ0v) is 16.0. The molecule has 0 radical (unpaired) electrons. The Bertz CT molecular complexity index is 835. The lowest BCUT2D eigenvalue weighted by molar-refractivity contribution is -0.119. The first-order chi connectivity index (χ1) is 13.4. The number of likely N-dealkylation sites (N-methyl/N-ethyl adjacent to an activating group) is 1. The molecule has 0 bridgehead atoms. The molecule has 0 aromatic heterocycles. The van der Waals surface area contributed by atoms with Gasteiger partial charge in [-0.15, -0.1) is 0 Å². The van der Waals surface area contributed by atoms with Crippen LogP contribution in [0.4, 0.5) is 14.5 Å². The predicted octanol–water partition coefficient (Wildman–Crippen LogP) is 3.74. The van der Waals surface area contributed by atoms with Crippen LogP contribution in [0.1, 0.15) is 18.9 Å². The molecule has 0 fully saturated rings. The normalized spacial score (nSPS) is 10.6. The van der Waals surface area contributed by atoms with Crippen LogP contribution in [0.15, 0.2) is 42.5 Å². The van der Waals surface area contributed by atoms with Gasteiger partial charge in [-0.25, -0.2) is 8.78 Å². The highest BCUT2D eigenvalue weighted by Gasteiger charge is 2.18. The number of benzene rings is 2. The standard InChI is InChI=1S/C21H23F2N3O2/c1-3-28-18-8-6-17(7-9-18)26(12-4-11-24)21(27)15-25(2)14-16-5-10-19(22)20(23)13-16/h5-10,13H,3-4,12,14-15H2,1-2H3. The fourth-order valence-corrected chi connectivity index (χ4v) is 2.77. The van der Waals surface area contributed by atoms with Crippen LogP contribution in [-0.4, -0.2) is 37.6 Å². The quantitative estimate of drug-likeness (QED) is 0.658. The lowest BCUT2D eigenvalue weighted by Gasteiger charge is -2.25. The fourth-order valence-electron chi connectivity index (χ4n) is 2.77. The lowest BCUT2D eigenvalue weighted by Crippen LogP contribution is -2.39. The Kier molecular flexibility index (Phi) is 7.90. The van der Waals surface area contributed by atoms with Gasteiger partial charge in [-0.05, 0) is 55.9 Å². The smallest absolute Gasteiger partial charge is 0.241 e. The molecule has 2 rings (SSSR count). The van der Waals surface area contributed by atoms with Crippen LogP contribution in [-0.2, 0) is 11.3 Å². The topological polar surface area (TPSA) is 56.6 Å². The summed E-state index contributed by atoms with van der Waals surface area (Å²) < 4.78 is 31.8. The molecule has 0 aliphatic carbocycles. The number of rotatable bonds is 9. The Morgan fingerprint density at radius 2 is 1.86 bits per heavy atom. The van der Waals surface area contributed by atoms with Gasteiger partial charge in [-0.2, -0.15) is 5.26 Å². The van der Waals surface area contributed by atoms with Crippen molar-refractivity contribution < 1.29 is 18.3 Å². The van der Waals surface area contributed by atoms with E-state index in [0.29, 0.717) is 23.6 Å². The minimum Gasteiger partial charge on any atom is -0.494 e. The van der Waals surface area contributed by atoms with E-state index in [-0.39, 0.29) is 32.0 Å². The van der Waals surface area contributed by atoms with Gasteiger partial charge in [0.1, 0.15) is 5.75 Å². The second kappa shape index (κ2) is 10.4. The molecule has 0 saturated carbocycles. The maximum absolute atomic E-state index is 13.4. The van der Waals surface area contributed by atoms with Gasteiger partial charge in [0.05, 0.1) is 25.6 Å². The summed E-state index contributed by atoms with van der Waals surface area (Å²) in [7, 11) is 1.72. The van der Waals surface area contributed by atoms with Gasteiger partial charge in [0.15, 0.2) is 11.6 Å². The van der Waals surface area contributed by atoms with Crippen molar-refractivity contribution in [2.24, 2.45) is 0 Å². The minimum absolute atomic E-state index is 0.0671. The summed E-state index contributed by atoms with van der Waals surface area (Å²) in [6, 6.07) is 12.8. The number of nitrogens with zero attached hydrogens (tertiary/aromatic N) is 3. The van der Waals surface area contributed by atoms with Gasteiger partial charge >= 0.3 is 0 Å². The molecule has 0 heterocycles. The van der Waals surface area contributed by atoms with E-state index in [2.05, 4.69) is 0 Å². The van der Waals surface area contributed by atoms with Crippen LogP contribution in [0.25, 0.3) is 0 Å². The summed E-state index contributed by atoms with van der Waals surface area (Å²) >= 11 is 0. The molecule has 28 heavy (non-hydrogen) atoms. The first-order valence-corrected chi connectivity index (χ1v) is 8.97. The molecular weight excluding hydrogens is 364 g/mol. The average Bonchev–Trinajstić information content (AvgIpc) is 2.66. The molecule has 0 aliphatic rings. The molecule has 0 unspecified atom stereocenters. The highest BCUT2D eigenvalue weighted by atomic mass is 19.2. The van der Waals surface area contributed by atoms with Crippen LogP contribution in [0.5, 0.6) is 5.75 Å². The highest BCUT2D eigenvalue weighted by molar-refractivity contribution is 5.94. The largest absolute Gasteiger partial charge is 0.494 e. The molecule has 7 heteroatoms. The summed E-state index contributed by atoms with van der Waals surface area (Å²) in [6.07, 6.45) is 0.200. The zero-order valence-electron chi connectivity index (χ0n) is 16.0. The second-order valence-electron chi connectivity index (χ2n) is 6.30. The van der Waals surface area contributed by atoms with Crippen LogP contribution in [0, 0.1) is 23.0 Å². The molecule has 148 valence electrons. The van der Waals surface area contributed by atoms with Gasteiger partial charge in [0.25, 0.3) is 0 Å². The van der Waals surface area contributed by atoms with E-state index in [1.54, 1.807) is 41.1 Å². The zero-order chi connectivity index (χ0) is 20.5. The Morgan fingerprint density at radius 1 is 1.14 bits per heavy atom. The minimum atomic E-state index is -0.915. The number of carbonyl (C=O) groups excluding carboxylic acids is 1. The van der Waals surface area contributed by atoms with Gasteiger partial charge in [-0.3, -0.25) is 9.69 Å². The SMILES string of the molecule is CCOc1ccc(N(CCC#N)C(=O)CN(C)Cc2ccc(F)c(F)c2)cc1. The summed E-state index contributed by atoms with van der Waals surface area (Å²) in [4.78, 5) is 16.0. The van der Waals surface area contributed by atoms with Crippen molar-refractivity contribution in [3.8, 4) is 11.8 Å². The van der Waals surface area contributed by atoms with E-state index in [1.165, 1.54) is 6.07 Å². The van der Waals surface area contributed by atoms with Crippen LogP contribution in [0.3, 0.4) is 0 Å². The molecule has 0 saturated heterocycles. The molecule has 5 nitrogen and oxygen atoms in total. The monoisotopic (exact) mass is 387 g/mol. The Labute approximate surface area is 163 Å². The number of carbonyl (C=O) groups is 1. The number of halogens is 2. The predicted molar refractivity (Wildman–Crippen MR) is 103 cm³/mol.